The fraction of sp³-hybridized carbons (Fsp3) is 0.429. The van der Waals surface area contributed by atoms with Gasteiger partial charge in [-0.05, 0) is 31.5 Å². The zero-order valence-electron chi connectivity index (χ0n) is 11.3. The highest BCUT2D eigenvalue weighted by atomic mass is 16.5. The van der Waals surface area contributed by atoms with Crippen molar-refractivity contribution in [1.82, 2.24) is 10.2 Å². The molecule has 5 nitrogen and oxygen atoms in total. The highest BCUT2D eigenvalue weighted by Gasteiger charge is 2.35. The van der Waals surface area contributed by atoms with Crippen molar-refractivity contribution in [2.75, 3.05) is 7.11 Å². The predicted molar refractivity (Wildman–Crippen MR) is 70.6 cm³/mol. The monoisotopic (exact) mass is 262 g/mol. The van der Waals surface area contributed by atoms with Crippen molar-refractivity contribution >= 4 is 11.8 Å². The number of methoxy groups -OCH3 is 1. The van der Waals surface area contributed by atoms with E-state index in [1.54, 1.807) is 25.9 Å². The molecule has 1 aliphatic rings. The van der Waals surface area contributed by atoms with Crippen LogP contribution in [0.4, 0.5) is 0 Å². The lowest BCUT2D eigenvalue weighted by molar-refractivity contribution is -0.148. The van der Waals surface area contributed by atoms with Crippen molar-refractivity contribution in [3.63, 3.8) is 0 Å². The molecule has 2 amide bonds. The first kappa shape index (κ1) is 13.4. The molecule has 1 fully saturated rings. The minimum Gasteiger partial charge on any atom is -0.497 e. The predicted octanol–water partition coefficient (Wildman–Crippen LogP) is 0.931. The van der Waals surface area contributed by atoms with Crippen LogP contribution >= 0.6 is 0 Å². The van der Waals surface area contributed by atoms with Crippen molar-refractivity contribution in [2.24, 2.45) is 0 Å². The smallest absolute Gasteiger partial charge is 0.245 e. The molecule has 1 heterocycles. The Morgan fingerprint density at radius 1 is 1.21 bits per heavy atom. The third-order valence-electron chi connectivity index (χ3n) is 3.37. The summed E-state index contributed by atoms with van der Waals surface area (Å²) in [7, 11) is 1.61. The van der Waals surface area contributed by atoms with E-state index in [2.05, 4.69) is 5.32 Å². The van der Waals surface area contributed by atoms with E-state index >= 15 is 0 Å². The van der Waals surface area contributed by atoms with Gasteiger partial charge in [-0.3, -0.25) is 9.59 Å². The van der Waals surface area contributed by atoms with Crippen LogP contribution in [0.25, 0.3) is 0 Å². The van der Waals surface area contributed by atoms with Gasteiger partial charge in [-0.1, -0.05) is 12.1 Å². The molecule has 0 aliphatic carbocycles. The van der Waals surface area contributed by atoms with Gasteiger partial charge in [0.2, 0.25) is 11.8 Å². The van der Waals surface area contributed by atoms with Crippen LogP contribution in [0.3, 0.4) is 0 Å². The van der Waals surface area contributed by atoms with Crippen LogP contribution < -0.4 is 10.1 Å². The maximum absolute atomic E-state index is 12.1. The van der Waals surface area contributed by atoms with Crippen molar-refractivity contribution < 1.29 is 14.3 Å². The second kappa shape index (κ2) is 5.30. The lowest BCUT2D eigenvalue weighted by Gasteiger charge is -2.36. The molecule has 102 valence electrons. The number of rotatable bonds is 3. The molecule has 2 unspecified atom stereocenters. The molecule has 0 radical (unpaired) electrons. The van der Waals surface area contributed by atoms with Gasteiger partial charge >= 0.3 is 0 Å². The molecule has 1 saturated heterocycles. The second-order valence-electron chi connectivity index (χ2n) is 4.72. The minimum atomic E-state index is -0.457. The molecule has 0 saturated carbocycles. The number of amides is 2. The van der Waals surface area contributed by atoms with Gasteiger partial charge in [0.25, 0.3) is 0 Å². The Balaban J connectivity index is 2.15. The molecule has 5 heteroatoms. The molecule has 2 atom stereocenters. The van der Waals surface area contributed by atoms with E-state index < -0.39 is 12.1 Å². The normalized spacial score (nSPS) is 23.2. The number of hydrogen-bond donors (Lipinski definition) is 1. The molecule has 0 aromatic heterocycles. The fourth-order valence-electron chi connectivity index (χ4n) is 2.12. The maximum Gasteiger partial charge on any atom is 0.245 e. The summed E-state index contributed by atoms with van der Waals surface area (Å²) in [5, 5.41) is 2.66. The van der Waals surface area contributed by atoms with Crippen LogP contribution in [-0.4, -0.2) is 35.9 Å². The van der Waals surface area contributed by atoms with Gasteiger partial charge in [0, 0.05) is 6.54 Å². The van der Waals surface area contributed by atoms with Crippen molar-refractivity contribution in [3.8, 4) is 5.75 Å². The maximum atomic E-state index is 12.1. The lowest BCUT2D eigenvalue weighted by atomic mass is 10.1. The molecular weight excluding hydrogens is 244 g/mol. The van der Waals surface area contributed by atoms with E-state index in [1.165, 1.54) is 0 Å². The number of nitrogens with zero attached hydrogens (tertiary/aromatic N) is 1. The highest BCUT2D eigenvalue weighted by Crippen LogP contribution is 2.17. The second-order valence-corrected chi connectivity index (χ2v) is 4.72. The Kier molecular flexibility index (Phi) is 3.74. The van der Waals surface area contributed by atoms with Crippen LogP contribution in [0.2, 0.25) is 0 Å². The standard InChI is InChI=1S/C14H18N2O3/c1-9-14(18)16(10(2)13(17)15-9)8-11-4-6-12(19-3)7-5-11/h4-7,9-10H,8H2,1-3H3,(H,15,17). The average molecular weight is 262 g/mol. The first-order chi connectivity index (χ1) is 9.02. The Hall–Kier alpha value is -2.04. The van der Waals surface area contributed by atoms with Crippen molar-refractivity contribution in [1.29, 1.82) is 0 Å². The van der Waals surface area contributed by atoms with Crippen LogP contribution in [0, 0.1) is 0 Å². The summed E-state index contributed by atoms with van der Waals surface area (Å²) < 4.78 is 5.09. The fourth-order valence-corrected chi connectivity index (χ4v) is 2.12. The zero-order valence-corrected chi connectivity index (χ0v) is 11.3. The average Bonchev–Trinajstić information content (AvgIpc) is 2.42. The van der Waals surface area contributed by atoms with Gasteiger partial charge in [0.05, 0.1) is 7.11 Å². The van der Waals surface area contributed by atoms with Gasteiger partial charge in [-0.2, -0.15) is 0 Å². The third-order valence-corrected chi connectivity index (χ3v) is 3.37. The van der Waals surface area contributed by atoms with Crippen LogP contribution in [0.15, 0.2) is 24.3 Å². The van der Waals surface area contributed by atoms with E-state index in [1.807, 2.05) is 24.3 Å². The number of ether oxygens (including phenoxy) is 1. The largest absolute Gasteiger partial charge is 0.497 e. The molecular formula is C14H18N2O3. The van der Waals surface area contributed by atoms with Gasteiger partial charge < -0.3 is 15.0 Å². The number of hydrogen-bond acceptors (Lipinski definition) is 3. The summed E-state index contributed by atoms with van der Waals surface area (Å²) in [6, 6.07) is 6.59. The molecule has 0 bridgehead atoms. The Labute approximate surface area is 112 Å². The SMILES string of the molecule is COc1ccc(CN2C(=O)C(C)NC(=O)C2C)cc1. The number of piperazine rings is 1. The molecule has 1 N–H and O–H groups in total. The van der Waals surface area contributed by atoms with Gasteiger partial charge in [-0.25, -0.2) is 0 Å². The molecule has 19 heavy (non-hydrogen) atoms. The number of nitrogens with one attached hydrogen (secondary N) is 1. The summed E-state index contributed by atoms with van der Waals surface area (Å²) in [5.41, 5.74) is 0.975. The first-order valence-electron chi connectivity index (χ1n) is 6.26. The zero-order chi connectivity index (χ0) is 14.0. The van der Waals surface area contributed by atoms with Crippen molar-refractivity contribution in [3.05, 3.63) is 29.8 Å². The number of benzene rings is 1. The number of carbonyl (C=O) groups is 2. The Bertz CT molecular complexity index is 484. The molecule has 1 aliphatic heterocycles. The molecule has 2 rings (SSSR count). The van der Waals surface area contributed by atoms with Crippen LogP contribution in [0.5, 0.6) is 5.75 Å². The summed E-state index contributed by atoms with van der Waals surface area (Å²) >= 11 is 0. The van der Waals surface area contributed by atoms with E-state index in [9.17, 15) is 9.59 Å². The topological polar surface area (TPSA) is 58.6 Å². The molecule has 0 spiro atoms. The first-order valence-corrected chi connectivity index (χ1v) is 6.26. The van der Waals surface area contributed by atoms with Gasteiger partial charge in [-0.15, -0.1) is 0 Å². The minimum absolute atomic E-state index is 0.0529. The Morgan fingerprint density at radius 2 is 1.84 bits per heavy atom. The molecule has 1 aromatic rings. The van der Waals surface area contributed by atoms with E-state index in [0.717, 1.165) is 11.3 Å². The quantitative estimate of drug-likeness (QED) is 0.881. The third kappa shape index (κ3) is 2.70. The highest BCUT2D eigenvalue weighted by molar-refractivity contribution is 5.96. The van der Waals surface area contributed by atoms with Crippen LogP contribution in [0.1, 0.15) is 19.4 Å². The summed E-state index contributed by atoms with van der Waals surface area (Å²) in [5.74, 6) is 0.608. The molecule has 1 aromatic carbocycles. The van der Waals surface area contributed by atoms with Crippen LogP contribution in [-0.2, 0) is 16.1 Å². The summed E-state index contributed by atoms with van der Waals surface area (Å²) in [6.45, 7) is 3.87. The van der Waals surface area contributed by atoms with Crippen molar-refractivity contribution in [2.45, 2.75) is 32.5 Å². The van der Waals surface area contributed by atoms with Gasteiger partial charge in [0.1, 0.15) is 17.8 Å². The summed E-state index contributed by atoms with van der Waals surface area (Å²) in [4.78, 5) is 25.4. The van der Waals surface area contributed by atoms with E-state index in [4.69, 9.17) is 4.74 Å². The number of carbonyl (C=O) groups excluding carboxylic acids is 2. The summed E-state index contributed by atoms with van der Waals surface area (Å²) in [6.07, 6.45) is 0. The Morgan fingerprint density at radius 3 is 2.42 bits per heavy atom. The van der Waals surface area contributed by atoms with E-state index in [-0.39, 0.29) is 11.8 Å². The van der Waals surface area contributed by atoms with Gasteiger partial charge in [0.15, 0.2) is 0 Å². The van der Waals surface area contributed by atoms with E-state index in [0.29, 0.717) is 6.54 Å². The lowest BCUT2D eigenvalue weighted by Crippen LogP contribution is -2.60.